The molecule has 0 saturated carbocycles. The van der Waals surface area contributed by atoms with Crippen molar-refractivity contribution in [2.75, 3.05) is 0 Å². The molecule has 0 N–H and O–H groups in total. The lowest BCUT2D eigenvalue weighted by Crippen LogP contribution is -2.05. The number of hydrogen-bond acceptors (Lipinski definition) is 0. The lowest BCUT2D eigenvalue weighted by Gasteiger charge is -2.22. The normalized spacial score (nSPS) is 15.3. The van der Waals surface area contributed by atoms with Crippen molar-refractivity contribution in [3.8, 4) is 22.3 Å². The van der Waals surface area contributed by atoms with E-state index in [4.69, 9.17) is 0 Å². The number of benzene rings is 3. The van der Waals surface area contributed by atoms with Crippen molar-refractivity contribution in [1.29, 1.82) is 0 Å². The molecule has 40 heavy (non-hydrogen) atoms. The summed E-state index contributed by atoms with van der Waals surface area (Å²) in [7, 11) is 0. The predicted molar refractivity (Wildman–Crippen MR) is 164 cm³/mol. The third kappa shape index (κ3) is 7.89. The maximum atomic E-state index is 15.1. The Morgan fingerprint density at radius 2 is 1.30 bits per heavy atom. The van der Waals surface area contributed by atoms with E-state index in [9.17, 15) is 4.39 Å². The van der Waals surface area contributed by atoms with Gasteiger partial charge in [-0.05, 0) is 71.9 Å². The molecular formula is C37H45F3. The Hall–Kier alpha value is -2.81. The molecule has 4 rings (SSSR count). The van der Waals surface area contributed by atoms with Gasteiger partial charge in [0, 0.05) is 11.1 Å². The Balaban J connectivity index is 1.37. The second-order valence-corrected chi connectivity index (χ2v) is 11.6. The van der Waals surface area contributed by atoms with E-state index >= 15 is 8.78 Å². The molecule has 0 aromatic heterocycles. The highest BCUT2D eigenvalue weighted by atomic mass is 19.2. The Labute approximate surface area is 239 Å². The van der Waals surface area contributed by atoms with Crippen LogP contribution >= 0.6 is 0 Å². The smallest absolute Gasteiger partial charge is 0.166 e. The van der Waals surface area contributed by atoms with Gasteiger partial charge in [0.15, 0.2) is 11.6 Å². The summed E-state index contributed by atoms with van der Waals surface area (Å²) in [5.41, 5.74) is 4.76. The van der Waals surface area contributed by atoms with Gasteiger partial charge in [-0.2, -0.15) is 0 Å². The van der Waals surface area contributed by atoms with E-state index in [-0.39, 0.29) is 11.4 Å². The molecule has 3 heteroatoms. The molecule has 0 nitrogen and oxygen atoms in total. The van der Waals surface area contributed by atoms with E-state index in [0.29, 0.717) is 23.1 Å². The van der Waals surface area contributed by atoms with E-state index in [2.05, 4.69) is 19.9 Å². The Bertz CT molecular complexity index is 1260. The zero-order chi connectivity index (χ0) is 28.3. The van der Waals surface area contributed by atoms with Crippen molar-refractivity contribution in [2.24, 2.45) is 5.92 Å². The van der Waals surface area contributed by atoms with Crippen LogP contribution in [0, 0.1) is 23.4 Å². The fourth-order valence-electron chi connectivity index (χ4n) is 6.06. The van der Waals surface area contributed by atoms with Crippen LogP contribution in [0.1, 0.15) is 108 Å². The average Bonchev–Trinajstić information content (AvgIpc) is 2.97. The van der Waals surface area contributed by atoms with Gasteiger partial charge in [-0.3, -0.25) is 0 Å². The van der Waals surface area contributed by atoms with Crippen LogP contribution in [0.25, 0.3) is 27.8 Å². The summed E-state index contributed by atoms with van der Waals surface area (Å²) in [6.45, 7) is 4.43. The summed E-state index contributed by atoms with van der Waals surface area (Å²) >= 11 is 0. The summed E-state index contributed by atoms with van der Waals surface area (Å²) in [5.74, 6) is -1.01. The van der Waals surface area contributed by atoms with Crippen LogP contribution in [0.2, 0.25) is 0 Å². The van der Waals surface area contributed by atoms with E-state index in [0.717, 1.165) is 61.1 Å². The van der Waals surface area contributed by atoms with Gasteiger partial charge in [0.1, 0.15) is 5.82 Å². The van der Waals surface area contributed by atoms with Gasteiger partial charge in [-0.25, -0.2) is 13.2 Å². The molecule has 0 saturated heterocycles. The van der Waals surface area contributed by atoms with Crippen LogP contribution in [0.3, 0.4) is 0 Å². The van der Waals surface area contributed by atoms with Crippen LogP contribution in [-0.2, 0) is 6.42 Å². The second kappa shape index (κ2) is 15.3. The summed E-state index contributed by atoms with van der Waals surface area (Å²) in [6.07, 6.45) is 17.7. The molecule has 0 bridgehead atoms. The van der Waals surface area contributed by atoms with Gasteiger partial charge in [0.25, 0.3) is 0 Å². The van der Waals surface area contributed by atoms with Crippen molar-refractivity contribution < 1.29 is 13.2 Å². The highest BCUT2D eigenvalue weighted by Crippen LogP contribution is 2.35. The zero-order valence-corrected chi connectivity index (χ0v) is 24.4. The lowest BCUT2D eigenvalue weighted by molar-refractivity contribution is 0.444. The van der Waals surface area contributed by atoms with Gasteiger partial charge in [0.05, 0.1) is 0 Å². The topological polar surface area (TPSA) is 0 Å². The standard InChI is InChI=1S/C37H45F3/c1-3-5-6-7-8-9-10-11-13-31-22-25-34(37(40)36(31)39)30-20-18-28(19-21-30)32-23-24-33(35(38)26-32)29-16-14-27(12-4-2)15-17-29/h16,18-27H,3-15,17H2,1-2H3. The average molecular weight is 547 g/mol. The summed E-state index contributed by atoms with van der Waals surface area (Å²) in [4.78, 5) is 0. The molecule has 1 aliphatic rings. The van der Waals surface area contributed by atoms with Crippen LogP contribution in [0.5, 0.6) is 0 Å². The predicted octanol–water partition coefficient (Wildman–Crippen LogP) is 12.1. The molecule has 3 aromatic rings. The van der Waals surface area contributed by atoms with Gasteiger partial charge >= 0.3 is 0 Å². The van der Waals surface area contributed by atoms with E-state index in [1.54, 1.807) is 30.3 Å². The van der Waals surface area contributed by atoms with Gasteiger partial charge < -0.3 is 0 Å². The van der Waals surface area contributed by atoms with Crippen molar-refractivity contribution in [2.45, 2.75) is 104 Å². The van der Waals surface area contributed by atoms with Gasteiger partial charge in [0.2, 0.25) is 0 Å². The maximum absolute atomic E-state index is 15.1. The van der Waals surface area contributed by atoms with Crippen molar-refractivity contribution in [3.05, 3.63) is 89.3 Å². The molecule has 0 radical (unpaired) electrons. The molecule has 1 aliphatic carbocycles. The van der Waals surface area contributed by atoms with E-state index < -0.39 is 11.6 Å². The van der Waals surface area contributed by atoms with E-state index in [1.807, 2.05) is 24.3 Å². The minimum absolute atomic E-state index is 0.207. The van der Waals surface area contributed by atoms with Crippen LogP contribution in [0.4, 0.5) is 13.2 Å². The minimum Gasteiger partial charge on any atom is -0.206 e. The molecule has 1 unspecified atom stereocenters. The minimum atomic E-state index is -0.790. The molecule has 0 amide bonds. The van der Waals surface area contributed by atoms with Gasteiger partial charge in [-0.1, -0.05) is 126 Å². The molecule has 0 fully saturated rings. The van der Waals surface area contributed by atoms with Crippen molar-refractivity contribution in [3.63, 3.8) is 0 Å². The largest absolute Gasteiger partial charge is 0.206 e. The molecule has 0 spiro atoms. The number of hydrogen-bond donors (Lipinski definition) is 0. The maximum Gasteiger partial charge on any atom is 0.166 e. The number of rotatable bonds is 14. The number of allylic oxidation sites excluding steroid dienone is 2. The molecule has 0 aliphatic heterocycles. The third-order valence-electron chi connectivity index (χ3n) is 8.52. The summed E-state index contributed by atoms with van der Waals surface area (Å²) in [6, 6.07) is 16.1. The van der Waals surface area contributed by atoms with Crippen molar-refractivity contribution >= 4 is 5.57 Å². The third-order valence-corrected chi connectivity index (χ3v) is 8.52. The van der Waals surface area contributed by atoms with Gasteiger partial charge in [-0.15, -0.1) is 0 Å². The number of unbranched alkanes of at least 4 members (excludes halogenated alkanes) is 7. The highest BCUT2D eigenvalue weighted by molar-refractivity contribution is 5.74. The first-order valence-corrected chi connectivity index (χ1v) is 15.6. The Morgan fingerprint density at radius 1 is 0.650 bits per heavy atom. The first-order valence-electron chi connectivity index (χ1n) is 15.6. The molecule has 3 aromatic carbocycles. The number of halogens is 3. The molecule has 1 atom stereocenters. The number of aryl methyl sites for hydroxylation is 1. The fourth-order valence-corrected chi connectivity index (χ4v) is 6.06. The second-order valence-electron chi connectivity index (χ2n) is 11.6. The van der Waals surface area contributed by atoms with Crippen LogP contribution in [-0.4, -0.2) is 0 Å². The quantitative estimate of drug-likeness (QED) is 0.176. The SMILES string of the molecule is CCCCCCCCCCc1ccc(-c2ccc(-c3ccc(C4=CCC(CCC)CC4)c(F)c3)cc2)c(F)c1F. The fraction of sp³-hybridized carbons (Fsp3) is 0.459. The molecular weight excluding hydrogens is 501 g/mol. The monoisotopic (exact) mass is 546 g/mol. The summed E-state index contributed by atoms with van der Waals surface area (Å²) in [5, 5.41) is 0. The van der Waals surface area contributed by atoms with Crippen LogP contribution in [0.15, 0.2) is 60.7 Å². The van der Waals surface area contributed by atoms with Crippen LogP contribution < -0.4 is 0 Å². The summed E-state index contributed by atoms with van der Waals surface area (Å²) < 4.78 is 45.0. The first-order chi connectivity index (χ1) is 19.5. The lowest BCUT2D eigenvalue weighted by atomic mass is 9.84. The molecule has 0 heterocycles. The van der Waals surface area contributed by atoms with Crippen molar-refractivity contribution in [1.82, 2.24) is 0 Å². The highest BCUT2D eigenvalue weighted by Gasteiger charge is 2.18. The zero-order valence-electron chi connectivity index (χ0n) is 24.4. The van der Waals surface area contributed by atoms with E-state index in [1.165, 1.54) is 44.9 Å². The first kappa shape index (κ1) is 30.2. The molecule has 214 valence electrons. The Morgan fingerprint density at radius 3 is 1.95 bits per heavy atom. The Kier molecular flexibility index (Phi) is 11.5.